The van der Waals surface area contributed by atoms with Gasteiger partial charge < -0.3 is 9.32 Å². The monoisotopic (exact) mass is 250 g/mol. The van der Waals surface area contributed by atoms with Gasteiger partial charge in [0.2, 0.25) is 0 Å². The summed E-state index contributed by atoms with van der Waals surface area (Å²) in [6.45, 7) is 4.41. The number of hydrogen-bond acceptors (Lipinski definition) is 5. The highest BCUT2D eigenvalue weighted by atomic mass is 32.1. The summed E-state index contributed by atoms with van der Waals surface area (Å²) in [5.74, 6) is 1.79. The molecule has 0 bridgehead atoms. The van der Waals surface area contributed by atoms with Crippen LogP contribution in [0.15, 0.2) is 16.5 Å². The molecule has 0 fully saturated rings. The zero-order chi connectivity index (χ0) is 12.4. The van der Waals surface area contributed by atoms with E-state index < -0.39 is 0 Å². The van der Waals surface area contributed by atoms with Crippen LogP contribution >= 0.6 is 11.3 Å². The molecule has 0 atom stereocenters. The highest BCUT2D eigenvalue weighted by Crippen LogP contribution is 2.25. The molecule has 0 aliphatic heterocycles. The van der Waals surface area contributed by atoms with Gasteiger partial charge in [-0.3, -0.25) is 4.79 Å². The van der Waals surface area contributed by atoms with Gasteiger partial charge in [0.15, 0.2) is 11.4 Å². The Labute approximate surface area is 104 Å². The second-order valence-corrected chi connectivity index (χ2v) is 4.94. The summed E-state index contributed by atoms with van der Waals surface area (Å²) in [5.41, 5.74) is 0.780. The molecule has 2 heterocycles. The molecule has 90 valence electrons. The molecule has 0 saturated carbocycles. The molecule has 2 aromatic rings. The molecular weight excluding hydrogens is 236 g/mol. The summed E-state index contributed by atoms with van der Waals surface area (Å²) in [6, 6.07) is 3.89. The zero-order valence-corrected chi connectivity index (χ0v) is 10.9. The number of thiazole rings is 1. The molecule has 2 aromatic heterocycles. The van der Waals surface area contributed by atoms with Crippen molar-refractivity contribution in [3.8, 4) is 0 Å². The summed E-state index contributed by atoms with van der Waals surface area (Å²) in [5, 5.41) is 0.832. The molecule has 0 unspecified atom stereocenters. The lowest BCUT2D eigenvalue weighted by atomic mass is 10.4. The fourth-order valence-corrected chi connectivity index (χ4v) is 2.38. The smallest absolute Gasteiger partial charge is 0.186 e. The first-order chi connectivity index (χ1) is 8.10. The fraction of sp³-hybridized carbons (Fsp3) is 0.333. The number of carbonyl (C=O) groups excluding carboxylic acids is 1. The minimum absolute atomic E-state index is 0.652. The lowest BCUT2D eigenvalue weighted by molar-refractivity contribution is 0.112. The van der Waals surface area contributed by atoms with Crippen LogP contribution in [0, 0.1) is 13.8 Å². The number of furan rings is 1. The van der Waals surface area contributed by atoms with Crippen molar-refractivity contribution in [2.24, 2.45) is 0 Å². The van der Waals surface area contributed by atoms with Crippen molar-refractivity contribution < 1.29 is 9.21 Å². The van der Waals surface area contributed by atoms with Crippen molar-refractivity contribution in [2.75, 3.05) is 11.9 Å². The largest absolute Gasteiger partial charge is 0.464 e. The second-order valence-electron chi connectivity index (χ2n) is 3.93. The standard InChI is InChI=1S/C12H14N2O2S/c1-8-4-5-10(16-8)6-14(3)12-13-9(2)11(7-15)17-12/h4-5,7H,6H2,1-3H3. The van der Waals surface area contributed by atoms with Crippen LogP contribution in [0.3, 0.4) is 0 Å². The van der Waals surface area contributed by atoms with Crippen LogP contribution in [0.5, 0.6) is 0 Å². The van der Waals surface area contributed by atoms with Gasteiger partial charge >= 0.3 is 0 Å². The summed E-state index contributed by atoms with van der Waals surface area (Å²) in [7, 11) is 1.94. The maximum absolute atomic E-state index is 10.8. The summed E-state index contributed by atoms with van der Waals surface area (Å²) in [6.07, 6.45) is 0.849. The molecule has 0 saturated heterocycles. The number of rotatable bonds is 4. The number of nitrogens with zero attached hydrogens (tertiary/aromatic N) is 2. The normalized spacial score (nSPS) is 10.5. The van der Waals surface area contributed by atoms with Crippen LogP contribution in [0.4, 0.5) is 5.13 Å². The van der Waals surface area contributed by atoms with Crippen molar-refractivity contribution >= 4 is 22.8 Å². The Balaban J connectivity index is 2.13. The van der Waals surface area contributed by atoms with E-state index in [0.717, 1.165) is 28.6 Å². The number of carbonyl (C=O) groups is 1. The zero-order valence-electron chi connectivity index (χ0n) is 10.1. The Kier molecular flexibility index (Phi) is 3.28. The van der Waals surface area contributed by atoms with Crippen LogP contribution in [0.25, 0.3) is 0 Å². The summed E-state index contributed by atoms with van der Waals surface area (Å²) >= 11 is 1.40. The number of aryl methyl sites for hydroxylation is 2. The number of aldehydes is 1. The van der Waals surface area contributed by atoms with Gasteiger partial charge in [0.1, 0.15) is 11.5 Å². The van der Waals surface area contributed by atoms with Gasteiger partial charge in [0.05, 0.1) is 17.1 Å². The third-order valence-corrected chi connectivity index (χ3v) is 3.64. The molecule has 0 aliphatic rings. The molecule has 0 aliphatic carbocycles. The van der Waals surface area contributed by atoms with E-state index in [1.54, 1.807) is 0 Å². The average molecular weight is 250 g/mol. The molecule has 4 nitrogen and oxygen atoms in total. The number of hydrogen-bond donors (Lipinski definition) is 0. The molecule has 5 heteroatoms. The molecular formula is C12H14N2O2S. The summed E-state index contributed by atoms with van der Waals surface area (Å²) < 4.78 is 5.50. The van der Waals surface area contributed by atoms with Crippen LogP contribution in [0.1, 0.15) is 26.9 Å². The van der Waals surface area contributed by atoms with Gasteiger partial charge in [-0.2, -0.15) is 0 Å². The highest BCUT2D eigenvalue weighted by Gasteiger charge is 2.12. The predicted octanol–water partition coefficient (Wildman–Crippen LogP) is 2.80. The SMILES string of the molecule is Cc1ccc(CN(C)c2nc(C)c(C=O)s2)o1. The minimum atomic E-state index is 0.652. The van der Waals surface area contributed by atoms with Crippen molar-refractivity contribution in [1.82, 2.24) is 4.98 Å². The Morgan fingerprint density at radius 1 is 1.47 bits per heavy atom. The summed E-state index contributed by atoms with van der Waals surface area (Å²) in [4.78, 5) is 17.8. The van der Waals surface area contributed by atoms with Crippen molar-refractivity contribution in [2.45, 2.75) is 20.4 Å². The Morgan fingerprint density at radius 3 is 2.76 bits per heavy atom. The predicted molar refractivity (Wildman–Crippen MR) is 67.8 cm³/mol. The topological polar surface area (TPSA) is 46.3 Å². The van der Waals surface area contributed by atoms with E-state index >= 15 is 0 Å². The molecule has 0 amide bonds. The highest BCUT2D eigenvalue weighted by molar-refractivity contribution is 7.17. The van der Waals surface area contributed by atoms with Crippen molar-refractivity contribution in [3.05, 3.63) is 34.2 Å². The Morgan fingerprint density at radius 2 is 2.24 bits per heavy atom. The van der Waals surface area contributed by atoms with Crippen LogP contribution in [-0.4, -0.2) is 18.3 Å². The molecule has 0 radical (unpaired) electrons. The number of aromatic nitrogens is 1. The van der Waals surface area contributed by atoms with E-state index in [4.69, 9.17) is 4.42 Å². The first-order valence-corrected chi connectivity index (χ1v) is 6.11. The van der Waals surface area contributed by atoms with E-state index in [2.05, 4.69) is 4.98 Å². The molecule has 17 heavy (non-hydrogen) atoms. The average Bonchev–Trinajstić information content (AvgIpc) is 2.85. The van der Waals surface area contributed by atoms with Crippen LogP contribution in [0.2, 0.25) is 0 Å². The maximum atomic E-state index is 10.8. The molecule has 0 aromatic carbocycles. The Hall–Kier alpha value is -1.62. The quantitative estimate of drug-likeness (QED) is 0.783. The lowest BCUT2D eigenvalue weighted by Crippen LogP contribution is -2.15. The van der Waals surface area contributed by atoms with Crippen molar-refractivity contribution in [3.63, 3.8) is 0 Å². The van der Waals surface area contributed by atoms with E-state index in [0.29, 0.717) is 11.4 Å². The van der Waals surface area contributed by atoms with Crippen molar-refractivity contribution in [1.29, 1.82) is 0 Å². The van der Waals surface area contributed by atoms with Crippen LogP contribution < -0.4 is 4.90 Å². The third-order valence-electron chi connectivity index (χ3n) is 2.44. The van der Waals surface area contributed by atoms with E-state index in [1.165, 1.54) is 11.3 Å². The maximum Gasteiger partial charge on any atom is 0.186 e. The van der Waals surface area contributed by atoms with Gasteiger partial charge in [0.25, 0.3) is 0 Å². The fourth-order valence-electron chi connectivity index (χ4n) is 1.54. The lowest BCUT2D eigenvalue weighted by Gasteiger charge is -2.13. The van der Waals surface area contributed by atoms with Crippen LogP contribution in [-0.2, 0) is 6.54 Å². The third kappa shape index (κ3) is 2.55. The van der Waals surface area contributed by atoms with Gasteiger partial charge in [-0.15, -0.1) is 0 Å². The minimum Gasteiger partial charge on any atom is -0.464 e. The number of anilines is 1. The van der Waals surface area contributed by atoms with E-state index in [1.807, 2.05) is 37.9 Å². The molecule has 0 spiro atoms. The molecule has 2 rings (SSSR count). The van der Waals surface area contributed by atoms with Gasteiger partial charge in [-0.05, 0) is 26.0 Å². The van der Waals surface area contributed by atoms with E-state index in [-0.39, 0.29) is 0 Å². The van der Waals surface area contributed by atoms with Gasteiger partial charge in [0, 0.05) is 7.05 Å². The van der Waals surface area contributed by atoms with E-state index in [9.17, 15) is 4.79 Å². The first-order valence-electron chi connectivity index (χ1n) is 5.29. The Bertz CT molecular complexity index is 530. The molecule has 0 N–H and O–H groups in total. The first kappa shape index (κ1) is 11.9. The van der Waals surface area contributed by atoms with Gasteiger partial charge in [-0.1, -0.05) is 11.3 Å². The second kappa shape index (κ2) is 4.71. The van der Waals surface area contributed by atoms with Gasteiger partial charge in [-0.25, -0.2) is 4.98 Å².